The fourth-order valence-electron chi connectivity index (χ4n) is 1.28. The number of ether oxygens (including phenoxy) is 2. The number of anilines is 1. The van der Waals surface area contributed by atoms with Crippen molar-refractivity contribution in [3.63, 3.8) is 0 Å². The number of rotatable bonds is 5. The van der Waals surface area contributed by atoms with E-state index in [0.29, 0.717) is 23.7 Å². The molecule has 0 amide bonds. The second kappa shape index (κ2) is 5.31. The fourth-order valence-corrected chi connectivity index (χ4v) is 1.28. The summed E-state index contributed by atoms with van der Waals surface area (Å²) < 4.78 is 10.1. The predicted octanol–water partition coefficient (Wildman–Crippen LogP) is 0.814. The van der Waals surface area contributed by atoms with E-state index < -0.39 is 0 Å². The van der Waals surface area contributed by atoms with E-state index in [9.17, 15) is 5.11 Å². The predicted molar refractivity (Wildman–Crippen MR) is 56.8 cm³/mol. The average molecular weight is 213 g/mol. The van der Waals surface area contributed by atoms with E-state index in [-0.39, 0.29) is 12.4 Å². The van der Waals surface area contributed by atoms with Gasteiger partial charge in [-0.25, -0.2) is 0 Å². The summed E-state index contributed by atoms with van der Waals surface area (Å²) in [5.74, 6) is 0.889. The Kier molecular flexibility index (Phi) is 4.05. The average Bonchev–Trinajstić information content (AvgIpc) is 2.26. The maximum Gasteiger partial charge on any atom is 0.187 e. The molecule has 0 spiro atoms. The van der Waals surface area contributed by atoms with Crippen LogP contribution in [0.1, 0.15) is 0 Å². The van der Waals surface area contributed by atoms with Crippen molar-refractivity contribution in [1.29, 1.82) is 0 Å². The molecule has 5 nitrogen and oxygen atoms in total. The maximum absolute atomic E-state index is 9.53. The summed E-state index contributed by atoms with van der Waals surface area (Å²) >= 11 is 0. The molecule has 0 heterocycles. The Bertz CT molecular complexity index is 327. The smallest absolute Gasteiger partial charge is 0.187 e. The number of phenols is 1. The van der Waals surface area contributed by atoms with Gasteiger partial charge in [-0.3, -0.25) is 0 Å². The largest absolute Gasteiger partial charge is 0.504 e. The summed E-state index contributed by atoms with van der Waals surface area (Å²) in [6, 6.07) is 3.11. The second-order valence-corrected chi connectivity index (χ2v) is 2.85. The number of hydrogen-bond donors (Lipinski definition) is 3. The Morgan fingerprint density at radius 2 is 2.00 bits per heavy atom. The van der Waals surface area contributed by atoms with Crippen LogP contribution < -0.4 is 14.8 Å². The van der Waals surface area contributed by atoms with Gasteiger partial charge in [0.25, 0.3) is 0 Å². The zero-order chi connectivity index (χ0) is 11.3. The highest BCUT2D eigenvalue weighted by Crippen LogP contribution is 2.41. The number of benzene rings is 1. The van der Waals surface area contributed by atoms with Crippen molar-refractivity contribution in [2.45, 2.75) is 0 Å². The summed E-state index contributed by atoms with van der Waals surface area (Å²) in [6.07, 6.45) is 0. The molecule has 0 saturated carbocycles. The van der Waals surface area contributed by atoms with Crippen molar-refractivity contribution in [3.05, 3.63) is 12.1 Å². The van der Waals surface area contributed by atoms with Crippen LogP contribution in [0.5, 0.6) is 17.2 Å². The first-order valence-corrected chi connectivity index (χ1v) is 4.53. The summed E-state index contributed by atoms with van der Waals surface area (Å²) in [5, 5.41) is 21.2. The molecule has 0 aliphatic carbocycles. The van der Waals surface area contributed by atoms with Gasteiger partial charge in [0.15, 0.2) is 11.5 Å². The molecule has 0 atom stereocenters. The van der Waals surface area contributed by atoms with Crippen molar-refractivity contribution in [2.24, 2.45) is 0 Å². The number of aromatic hydroxyl groups is 1. The lowest BCUT2D eigenvalue weighted by Crippen LogP contribution is -2.08. The summed E-state index contributed by atoms with van der Waals surface area (Å²) in [4.78, 5) is 0. The monoisotopic (exact) mass is 213 g/mol. The first-order chi connectivity index (χ1) is 7.24. The third-order valence-electron chi connectivity index (χ3n) is 1.94. The Hall–Kier alpha value is -1.62. The van der Waals surface area contributed by atoms with E-state index in [2.05, 4.69) is 5.32 Å². The van der Waals surface area contributed by atoms with Crippen molar-refractivity contribution < 1.29 is 19.7 Å². The molecule has 0 saturated heterocycles. The molecule has 15 heavy (non-hydrogen) atoms. The molecule has 1 aromatic rings. The highest BCUT2D eigenvalue weighted by molar-refractivity contribution is 5.70. The lowest BCUT2D eigenvalue weighted by atomic mass is 10.2. The number of hydrogen-bond acceptors (Lipinski definition) is 5. The Labute approximate surface area is 88.3 Å². The van der Waals surface area contributed by atoms with Gasteiger partial charge in [-0.05, 0) is 12.1 Å². The normalized spacial score (nSPS) is 9.80. The van der Waals surface area contributed by atoms with Gasteiger partial charge in [0.2, 0.25) is 0 Å². The van der Waals surface area contributed by atoms with E-state index in [1.165, 1.54) is 20.3 Å². The van der Waals surface area contributed by atoms with E-state index in [1.54, 1.807) is 6.07 Å². The third-order valence-corrected chi connectivity index (χ3v) is 1.94. The van der Waals surface area contributed by atoms with Gasteiger partial charge >= 0.3 is 0 Å². The van der Waals surface area contributed by atoms with E-state index in [1.807, 2.05) is 0 Å². The van der Waals surface area contributed by atoms with Crippen LogP contribution in [-0.2, 0) is 0 Å². The topological polar surface area (TPSA) is 71.0 Å². The third kappa shape index (κ3) is 2.44. The molecule has 0 unspecified atom stereocenters. The van der Waals surface area contributed by atoms with E-state index in [4.69, 9.17) is 14.6 Å². The van der Waals surface area contributed by atoms with Crippen molar-refractivity contribution >= 4 is 5.69 Å². The zero-order valence-corrected chi connectivity index (χ0v) is 8.78. The molecule has 1 rings (SSSR count). The Morgan fingerprint density at radius 1 is 1.27 bits per heavy atom. The number of aliphatic hydroxyl groups excluding tert-OH is 1. The molecule has 5 heteroatoms. The van der Waals surface area contributed by atoms with Gasteiger partial charge in [0.1, 0.15) is 11.4 Å². The quantitative estimate of drug-likeness (QED) is 0.675. The minimum Gasteiger partial charge on any atom is -0.504 e. The van der Waals surface area contributed by atoms with Crippen molar-refractivity contribution in [3.8, 4) is 17.2 Å². The number of methoxy groups -OCH3 is 2. The molecule has 0 radical (unpaired) electrons. The van der Waals surface area contributed by atoms with Crippen LogP contribution in [0.4, 0.5) is 5.69 Å². The number of aliphatic hydroxyl groups is 1. The van der Waals surface area contributed by atoms with Crippen LogP contribution in [0.25, 0.3) is 0 Å². The lowest BCUT2D eigenvalue weighted by Gasteiger charge is -2.15. The second-order valence-electron chi connectivity index (χ2n) is 2.85. The molecule has 3 N–H and O–H groups in total. The van der Waals surface area contributed by atoms with Gasteiger partial charge in [-0.2, -0.15) is 0 Å². The van der Waals surface area contributed by atoms with Gasteiger partial charge < -0.3 is 25.0 Å². The maximum atomic E-state index is 9.53. The molecule has 0 aliphatic heterocycles. The Morgan fingerprint density at radius 3 is 2.53 bits per heavy atom. The summed E-state index contributed by atoms with van der Waals surface area (Å²) in [6.45, 7) is 0.345. The van der Waals surface area contributed by atoms with Gasteiger partial charge in [-0.15, -0.1) is 0 Å². The lowest BCUT2D eigenvalue weighted by molar-refractivity contribution is 0.310. The minimum atomic E-state index is -0.0119. The minimum absolute atomic E-state index is 0.0119. The van der Waals surface area contributed by atoms with Crippen LogP contribution in [0.3, 0.4) is 0 Å². The molecule has 0 aliphatic rings. The molecule has 0 fully saturated rings. The van der Waals surface area contributed by atoms with Crippen LogP contribution in [0.2, 0.25) is 0 Å². The molecule has 1 aromatic carbocycles. The summed E-state index contributed by atoms with van der Waals surface area (Å²) in [7, 11) is 2.98. The van der Waals surface area contributed by atoms with Gasteiger partial charge in [-0.1, -0.05) is 0 Å². The van der Waals surface area contributed by atoms with Crippen molar-refractivity contribution in [1.82, 2.24) is 0 Å². The van der Waals surface area contributed by atoms with Crippen LogP contribution >= 0.6 is 0 Å². The highest BCUT2D eigenvalue weighted by Gasteiger charge is 2.13. The fraction of sp³-hybridized carbons (Fsp3) is 0.400. The molecular formula is C10H15NO4. The molecule has 84 valence electrons. The first-order valence-electron chi connectivity index (χ1n) is 4.53. The van der Waals surface area contributed by atoms with E-state index in [0.717, 1.165) is 0 Å². The number of nitrogens with one attached hydrogen (secondary N) is 1. The molecule has 0 bridgehead atoms. The number of phenolic OH excluding ortho intramolecular Hbond substituents is 1. The molecule has 0 aromatic heterocycles. The standard InChI is InChI=1S/C10H15NO4/c1-14-8-4-3-7(13)10(15-2)9(8)11-5-6-12/h3-4,11-13H,5-6H2,1-2H3. The summed E-state index contributed by atoms with van der Waals surface area (Å²) in [5.41, 5.74) is 0.536. The van der Waals surface area contributed by atoms with E-state index >= 15 is 0 Å². The first kappa shape index (κ1) is 11.5. The Balaban J connectivity index is 3.09. The highest BCUT2D eigenvalue weighted by atomic mass is 16.5. The van der Waals surface area contributed by atoms with Gasteiger partial charge in [0.05, 0.1) is 20.8 Å². The van der Waals surface area contributed by atoms with Crippen LogP contribution in [0, 0.1) is 0 Å². The SMILES string of the molecule is COc1ccc(O)c(OC)c1NCCO. The van der Waals surface area contributed by atoms with Crippen LogP contribution in [-0.4, -0.2) is 37.6 Å². The zero-order valence-electron chi connectivity index (χ0n) is 8.78. The molecular weight excluding hydrogens is 198 g/mol. The van der Waals surface area contributed by atoms with Crippen molar-refractivity contribution in [2.75, 3.05) is 32.7 Å². The van der Waals surface area contributed by atoms with Gasteiger partial charge in [0, 0.05) is 6.54 Å². The van der Waals surface area contributed by atoms with Crippen LogP contribution in [0.15, 0.2) is 12.1 Å².